The Hall–Kier alpha value is -0.790. The van der Waals surface area contributed by atoms with Gasteiger partial charge in [-0.05, 0) is 25.7 Å². The molecule has 2 nitrogen and oxygen atoms in total. The number of hydrogen-bond acceptors (Lipinski definition) is 1. The zero-order chi connectivity index (χ0) is 7.68. The summed E-state index contributed by atoms with van der Waals surface area (Å²) in [6, 6.07) is 0.394. The Labute approximate surface area is 66.7 Å². The molecule has 1 atom stereocenters. The van der Waals surface area contributed by atoms with E-state index >= 15 is 0 Å². The Morgan fingerprint density at radius 1 is 1.45 bits per heavy atom. The molecule has 0 aromatic heterocycles. The third-order valence-corrected chi connectivity index (χ3v) is 2.53. The van der Waals surface area contributed by atoms with Gasteiger partial charge in [-0.2, -0.15) is 0 Å². The van der Waals surface area contributed by atoms with Crippen molar-refractivity contribution < 1.29 is 4.79 Å². The Bertz CT molecular complexity index is 208. The van der Waals surface area contributed by atoms with Crippen LogP contribution in [0.2, 0.25) is 0 Å². The van der Waals surface area contributed by atoms with Crippen LogP contribution in [0, 0.1) is 0 Å². The van der Waals surface area contributed by atoms with Crippen LogP contribution in [-0.4, -0.2) is 11.9 Å². The second-order valence-corrected chi connectivity index (χ2v) is 3.33. The van der Waals surface area contributed by atoms with Crippen molar-refractivity contribution in [2.45, 2.75) is 38.1 Å². The number of allylic oxidation sites excluding steroid dienone is 1. The first kappa shape index (κ1) is 6.89. The van der Waals surface area contributed by atoms with Crippen molar-refractivity contribution in [3.8, 4) is 0 Å². The van der Waals surface area contributed by atoms with Crippen molar-refractivity contribution in [1.29, 1.82) is 0 Å². The number of fused-ring (bicyclic) bond motifs is 1. The van der Waals surface area contributed by atoms with Gasteiger partial charge < -0.3 is 5.32 Å². The summed E-state index contributed by atoms with van der Waals surface area (Å²) >= 11 is 0. The minimum absolute atomic E-state index is 0.231. The number of hydrogen-bond donors (Lipinski definition) is 1. The highest BCUT2D eigenvalue weighted by atomic mass is 16.1. The van der Waals surface area contributed by atoms with E-state index in [0.29, 0.717) is 12.5 Å². The van der Waals surface area contributed by atoms with E-state index in [0.717, 1.165) is 12.8 Å². The van der Waals surface area contributed by atoms with E-state index in [4.69, 9.17) is 0 Å². The summed E-state index contributed by atoms with van der Waals surface area (Å²) in [5, 5.41) is 3.01. The van der Waals surface area contributed by atoms with Crippen LogP contribution in [0.5, 0.6) is 0 Å². The molecular formula is C9H13NO. The highest BCUT2D eigenvalue weighted by Crippen LogP contribution is 2.25. The zero-order valence-electron chi connectivity index (χ0n) is 6.60. The second kappa shape index (κ2) is 2.68. The van der Waals surface area contributed by atoms with Crippen molar-refractivity contribution in [2.75, 3.05) is 0 Å². The molecule has 1 saturated heterocycles. The van der Waals surface area contributed by atoms with Gasteiger partial charge >= 0.3 is 0 Å². The van der Waals surface area contributed by atoms with E-state index in [1.54, 1.807) is 0 Å². The quantitative estimate of drug-likeness (QED) is 0.520. The summed E-state index contributed by atoms with van der Waals surface area (Å²) < 4.78 is 0. The third-order valence-electron chi connectivity index (χ3n) is 2.53. The molecule has 60 valence electrons. The van der Waals surface area contributed by atoms with Crippen molar-refractivity contribution in [1.82, 2.24) is 5.32 Å². The van der Waals surface area contributed by atoms with Crippen LogP contribution in [0.4, 0.5) is 0 Å². The molecule has 0 saturated carbocycles. The van der Waals surface area contributed by atoms with Gasteiger partial charge in [-0.3, -0.25) is 4.79 Å². The topological polar surface area (TPSA) is 29.1 Å². The molecular weight excluding hydrogens is 138 g/mol. The number of carbonyl (C=O) groups excluding carboxylic acids is 1. The van der Waals surface area contributed by atoms with E-state index in [1.807, 2.05) is 0 Å². The molecule has 1 heterocycles. The number of nitrogens with one attached hydrogen (secondary N) is 1. The molecule has 0 aromatic carbocycles. The lowest BCUT2D eigenvalue weighted by molar-refractivity contribution is -0.122. The summed E-state index contributed by atoms with van der Waals surface area (Å²) in [7, 11) is 0. The molecule has 11 heavy (non-hydrogen) atoms. The molecule has 2 heteroatoms. The van der Waals surface area contributed by atoms with Gasteiger partial charge in [0.2, 0.25) is 5.91 Å². The number of piperidine rings is 1. The maximum absolute atomic E-state index is 11.0. The molecule has 0 bridgehead atoms. The predicted molar refractivity (Wildman–Crippen MR) is 43.1 cm³/mol. The summed E-state index contributed by atoms with van der Waals surface area (Å²) in [5.74, 6) is 0.231. The SMILES string of the molecule is O=C1CCC2=CCCCC2N1. The van der Waals surface area contributed by atoms with Gasteiger partial charge in [-0.15, -0.1) is 0 Å². The molecule has 0 radical (unpaired) electrons. The largest absolute Gasteiger partial charge is 0.350 e. The first-order chi connectivity index (χ1) is 5.36. The van der Waals surface area contributed by atoms with Crippen LogP contribution in [0.25, 0.3) is 0 Å². The van der Waals surface area contributed by atoms with E-state index in [2.05, 4.69) is 11.4 Å². The van der Waals surface area contributed by atoms with Crippen LogP contribution in [0.15, 0.2) is 11.6 Å². The van der Waals surface area contributed by atoms with E-state index in [9.17, 15) is 4.79 Å². The third kappa shape index (κ3) is 1.30. The second-order valence-electron chi connectivity index (χ2n) is 3.33. The van der Waals surface area contributed by atoms with E-state index in [-0.39, 0.29) is 5.91 Å². The lowest BCUT2D eigenvalue weighted by Crippen LogP contribution is -2.41. The minimum Gasteiger partial charge on any atom is -0.350 e. The fourth-order valence-corrected chi connectivity index (χ4v) is 1.90. The van der Waals surface area contributed by atoms with Gasteiger partial charge in [0.05, 0.1) is 6.04 Å². The zero-order valence-corrected chi connectivity index (χ0v) is 6.60. The monoisotopic (exact) mass is 151 g/mol. The Kier molecular flexibility index (Phi) is 1.68. The minimum atomic E-state index is 0.231. The lowest BCUT2D eigenvalue weighted by atomic mass is 9.88. The number of rotatable bonds is 0. The fourth-order valence-electron chi connectivity index (χ4n) is 1.90. The van der Waals surface area contributed by atoms with Crippen LogP contribution in [0.1, 0.15) is 32.1 Å². The number of carbonyl (C=O) groups is 1. The molecule has 1 aliphatic heterocycles. The maximum Gasteiger partial charge on any atom is 0.220 e. The highest BCUT2D eigenvalue weighted by molar-refractivity contribution is 5.78. The molecule has 1 fully saturated rings. The molecule has 2 aliphatic rings. The van der Waals surface area contributed by atoms with Crippen LogP contribution >= 0.6 is 0 Å². The van der Waals surface area contributed by atoms with Gasteiger partial charge in [-0.25, -0.2) is 0 Å². The van der Waals surface area contributed by atoms with Crippen molar-refractivity contribution >= 4 is 5.91 Å². The molecule has 1 amide bonds. The van der Waals surface area contributed by atoms with Crippen LogP contribution in [0.3, 0.4) is 0 Å². The maximum atomic E-state index is 11.0. The summed E-state index contributed by atoms with van der Waals surface area (Å²) in [6.07, 6.45) is 7.58. The Morgan fingerprint density at radius 3 is 3.27 bits per heavy atom. The fraction of sp³-hybridized carbons (Fsp3) is 0.667. The van der Waals surface area contributed by atoms with Gasteiger partial charge in [0.25, 0.3) is 0 Å². The first-order valence-electron chi connectivity index (χ1n) is 4.34. The lowest BCUT2D eigenvalue weighted by Gasteiger charge is -2.29. The summed E-state index contributed by atoms with van der Waals surface area (Å²) in [4.78, 5) is 11.0. The van der Waals surface area contributed by atoms with Crippen molar-refractivity contribution in [2.24, 2.45) is 0 Å². The number of amides is 1. The predicted octanol–water partition coefficient (Wildman–Crippen LogP) is 1.38. The molecule has 1 aliphatic carbocycles. The highest BCUT2D eigenvalue weighted by Gasteiger charge is 2.23. The van der Waals surface area contributed by atoms with Crippen molar-refractivity contribution in [3.63, 3.8) is 0 Å². The summed E-state index contributed by atoms with van der Waals surface area (Å²) in [5.41, 5.74) is 1.47. The van der Waals surface area contributed by atoms with Gasteiger partial charge in [0.15, 0.2) is 0 Å². The normalized spacial score (nSPS) is 30.4. The van der Waals surface area contributed by atoms with E-state index in [1.165, 1.54) is 18.4 Å². The Balaban J connectivity index is 2.12. The standard InChI is InChI=1S/C9H13NO/c11-9-6-5-7-3-1-2-4-8(7)10-9/h3,8H,1-2,4-6H2,(H,10,11). The van der Waals surface area contributed by atoms with Gasteiger partial charge in [0.1, 0.15) is 0 Å². The van der Waals surface area contributed by atoms with E-state index < -0.39 is 0 Å². The van der Waals surface area contributed by atoms with Crippen molar-refractivity contribution in [3.05, 3.63) is 11.6 Å². The summed E-state index contributed by atoms with van der Waals surface area (Å²) in [6.45, 7) is 0. The average Bonchev–Trinajstić information content (AvgIpc) is 2.04. The molecule has 1 N–H and O–H groups in total. The smallest absolute Gasteiger partial charge is 0.220 e. The van der Waals surface area contributed by atoms with Gasteiger partial charge in [-0.1, -0.05) is 11.6 Å². The van der Waals surface area contributed by atoms with Crippen LogP contribution in [-0.2, 0) is 4.79 Å². The molecule has 2 rings (SSSR count). The molecule has 0 spiro atoms. The Morgan fingerprint density at radius 2 is 2.36 bits per heavy atom. The molecule has 1 unspecified atom stereocenters. The molecule has 0 aromatic rings. The van der Waals surface area contributed by atoms with Gasteiger partial charge in [0, 0.05) is 6.42 Å². The average molecular weight is 151 g/mol. The first-order valence-corrected chi connectivity index (χ1v) is 4.34. The van der Waals surface area contributed by atoms with Crippen LogP contribution < -0.4 is 5.32 Å².